The topological polar surface area (TPSA) is 104 Å². The molecule has 8 nitrogen and oxygen atoms in total. The molecule has 0 bridgehead atoms. The van der Waals surface area contributed by atoms with Crippen LogP contribution in [0, 0.1) is 0 Å². The predicted molar refractivity (Wildman–Crippen MR) is 141 cm³/mol. The van der Waals surface area contributed by atoms with Gasteiger partial charge in [0, 0.05) is 18.3 Å². The van der Waals surface area contributed by atoms with Crippen molar-refractivity contribution in [2.45, 2.75) is 49.1 Å². The predicted octanol–water partition coefficient (Wildman–Crippen LogP) is 3.83. The Morgan fingerprint density at radius 2 is 1.50 bits per heavy atom. The lowest BCUT2D eigenvalue weighted by Gasteiger charge is -2.30. The first-order valence-electron chi connectivity index (χ1n) is 12.8. The van der Waals surface area contributed by atoms with Crippen molar-refractivity contribution < 1.29 is 22.8 Å². The van der Waals surface area contributed by atoms with E-state index in [0.717, 1.165) is 36.1 Å². The van der Waals surface area contributed by atoms with E-state index in [1.54, 1.807) is 71.6 Å². The van der Waals surface area contributed by atoms with Gasteiger partial charge in [0.05, 0.1) is 16.0 Å². The number of amides is 3. The van der Waals surface area contributed by atoms with Crippen LogP contribution < -0.4 is 9.62 Å². The molecule has 3 amide bonds. The van der Waals surface area contributed by atoms with E-state index < -0.39 is 33.8 Å². The molecule has 0 spiro atoms. The molecule has 3 aliphatic rings. The van der Waals surface area contributed by atoms with Gasteiger partial charge in [0.25, 0.3) is 17.7 Å². The normalized spacial score (nSPS) is 18.1. The third kappa shape index (κ3) is 4.12. The van der Waals surface area contributed by atoms with E-state index in [0.29, 0.717) is 24.2 Å². The van der Waals surface area contributed by atoms with Gasteiger partial charge in [0.2, 0.25) is 10.0 Å². The SMILES string of the molecule is O=C(C(c1ccccc1)N1C(=O)c2ccccc2C1=O)N1CCc2cc(S(=O)(=O)NC3CCCC3)ccc21. The molecule has 2 heterocycles. The zero-order valence-electron chi connectivity index (χ0n) is 20.7. The second-order valence-electron chi connectivity index (χ2n) is 9.97. The number of carbonyl (C=O) groups is 3. The highest BCUT2D eigenvalue weighted by Crippen LogP contribution is 2.37. The highest BCUT2D eigenvalue weighted by molar-refractivity contribution is 7.89. The van der Waals surface area contributed by atoms with Crippen molar-refractivity contribution in [3.05, 3.63) is 95.1 Å². The first-order chi connectivity index (χ1) is 18.3. The van der Waals surface area contributed by atoms with Gasteiger partial charge < -0.3 is 4.90 Å². The lowest BCUT2D eigenvalue weighted by molar-refractivity contribution is -0.122. The van der Waals surface area contributed by atoms with E-state index in [-0.39, 0.29) is 22.1 Å². The van der Waals surface area contributed by atoms with Crippen LogP contribution in [0.3, 0.4) is 0 Å². The molecule has 3 aromatic carbocycles. The van der Waals surface area contributed by atoms with Crippen molar-refractivity contribution in [1.82, 2.24) is 9.62 Å². The summed E-state index contributed by atoms with van der Waals surface area (Å²) < 4.78 is 28.8. The third-order valence-corrected chi connectivity index (χ3v) is 9.15. The number of carbonyl (C=O) groups excluding carboxylic acids is 3. The molecule has 1 fully saturated rings. The van der Waals surface area contributed by atoms with Gasteiger partial charge in [-0.25, -0.2) is 13.1 Å². The van der Waals surface area contributed by atoms with E-state index in [9.17, 15) is 22.8 Å². The maximum atomic E-state index is 14.1. The Kier molecular flexibility index (Phi) is 6.12. The fraction of sp³-hybridized carbons (Fsp3) is 0.276. The van der Waals surface area contributed by atoms with Crippen LogP contribution >= 0.6 is 0 Å². The third-order valence-electron chi connectivity index (χ3n) is 7.63. The Balaban J connectivity index is 1.33. The van der Waals surface area contributed by atoms with Crippen LogP contribution in [0.15, 0.2) is 77.7 Å². The van der Waals surface area contributed by atoms with Crippen LogP contribution in [0.5, 0.6) is 0 Å². The van der Waals surface area contributed by atoms with Gasteiger partial charge in [0.15, 0.2) is 0 Å². The molecule has 1 unspecified atom stereocenters. The molecule has 0 aromatic heterocycles. The monoisotopic (exact) mass is 529 g/mol. The van der Waals surface area contributed by atoms with Crippen LogP contribution in [0.4, 0.5) is 5.69 Å². The van der Waals surface area contributed by atoms with Crippen LogP contribution in [0.2, 0.25) is 0 Å². The molecular formula is C29H27N3O5S. The van der Waals surface area contributed by atoms with Gasteiger partial charge in [-0.1, -0.05) is 55.3 Å². The van der Waals surface area contributed by atoms with Crippen molar-refractivity contribution in [1.29, 1.82) is 0 Å². The van der Waals surface area contributed by atoms with Gasteiger partial charge in [-0.05, 0) is 60.7 Å². The van der Waals surface area contributed by atoms with E-state index in [1.807, 2.05) is 0 Å². The zero-order valence-corrected chi connectivity index (χ0v) is 21.5. The highest BCUT2D eigenvalue weighted by atomic mass is 32.2. The molecule has 1 atom stereocenters. The maximum Gasteiger partial charge on any atom is 0.262 e. The van der Waals surface area contributed by atoms with Crippen molar-refractivity contribution in [2.75, 3.05) is 11.4 Å². The number of nitrogens with zero attached hydrogens (tertiary/aromatic N) is 2. The van der Waals surface area contributed by atoms with Gasteiger partial charge in [-0.15, -0.1) is 0 Å². The van der Waals surface area contributed by atoms with Gasteiger partial charge in [0.1, 0.15) is 6.04 Å². The number of hydrogen-bond donors (Lipinski definition) is 1. The van der Waals surface area contributed by atoms with E-state index in [4.69, 9.17) is 0 Å². The summed E-state index contributed by atoms with van der Waals surface area (Å²) in [5, 5.41) is 0. The molecule has 0 saturated heterocycles. The molecular weight excluding hydrogens is 502 g/mol. The quantitative estimate of drug-likeness (QED) is 0.489. The number of rotatable bonds is 6. The Hall–Kier alpha value is -3.82. The summed E-state index contributed by atoms with van der Waals surface area (Å²) in [6.07, 6.45) is 4.18. The zero-order chi connectivity index (χ0) is 26.4. The first kappa shape index (κ1) is 24.5. The van der Waals surface area contributed by atoms with E-state index in [1.165, 1.54) is 6.07 Å². The molecule has 194 valence electrons. The largest absolute Gasteiger partial charge is 0.310 e. The molecule has 0 radical (unpaired) electrons. The second-order valence-corrected chi connectivity index (χ2v) is 11.7. The number of benzene rings is 3. The Morgan fingerprint density at radius 1 is 0.868 bits per heavy atom. The van der Waals surface area contributed by atoms with Crippen LogP contribution in [-0.4, -0.2) is 43.6 Å². The van der Waals surface area contributed by atoms with Crippen LogP contribution in [-0.2, 0) is 21.2 Å². The molecule has 1 N–H and O–H groups in total. The number of imide groups is 1. The molecule has 1 saturated carbocycles. The number of sulfonamides is 1. The fourth-order valence-electron chi connectivity index (χ4n) is 5.73. The van der Waals surface area contributed by atoms with Crippen molar-refractivity contribution in [3.63, 3.8) is 0 Å². The average molecular weight is 530 g/mol. The summed E-state index contributed by atoms with van der Waals surface area (Å²) >= 11 is 0. The van der Waals surface area contributed by atoms with Gasteiger partial charge in [-0.2, -0.15) is 0 Å². The van der Waals surface area contributed by atoms with Gasteiger partial charge in [-0.3, -0.25) is 19.3 Å². The van der Waals surface area contributed by atoms with E-state index in [2.05, 4.69) is 4.72 Å². The number of fused-ring (bicyclic) bond motifs is 2. The number of nitrogens with one attached hydrogen (secondary N) is 1. The molecule has 9 heteroatoms. The summed E-state index contributed by atoms with van der Waals surface area (Å²) in [7, 11) is -3.67. The first-order valence-corrected chi connectivity index (χ1v) is 14.3. The maximum absolute atomic E-state index is 14.1. The Labute approximate surface area is 221 Å². The Morgan fingerprint density at radius 3 is 2.16 bits per heavy atom. The highest BCUT2D eigenvalue weighted by Gasteiger charge is 2.45. The van der Waals surface area contributed by atoms with Gasteiger partial charge >= 0.3 is 0 Å². The minimum atomic E-state index is -3.67. The molecule has 3 aromatic rings. The lowest BCUT2D eigenvalue weighted by Crippen LogP contribution is -2.45. The summed E-state index contributed by atoms with van der Waals surface area (Å²) in [5.74, 6) is -1.43. The minimum absolute atomic E-state index is 0.0439. The smallest absolute Gasteiger partial charge is 0.262 e. The molecule has 2 aliphatic heterocycles. The van der Waals surface area contributed by atoms with Crippen LogP contribution in [0.1, 0.15) is 63.6 Å². The second kappa shape index (κ2) is 9.49. The lowest BCUT2D eigenvalue weighted by atomic mass is 10.0. The van der Waals surface area contributed by atoms with Crippen molar-refractivity contribution >= 4 is 33.4 Å². The molecule has 1 aliphatic carbocycles. The average Bonchev–Trinajstić information content (AvgIpc) is 3.65. The number of anilines is 1. The van der Waals surface area contributed by atoms with Crippen LogP contribution in [0.25, 0.3) is 0 Å². The summed E-state index contributed by atoms with van der Waals surface area (Å²) in [6.45, 7) is 0.320. The standard InChI is InChI=1S/C29H27N3O5S/c33-27-23-12-6-7-13-24(23)28(34)32(27)26(19-8-2-1-3-9-19)29(35)31-17-16-20-18-22(14-15-25(20)31)38(36,37)30-21-10-4-5-11-21/h1-3,6-9,12-15,18,21,26,30H,4-5,10-11,16-17H2. The molecule has 38 heavy (non-hydrogen) atoms. The number of hydrogen-bond acceptors (Lipinski definition) is 5. The minimum Gasteiger partial charge on any atom is -0.310 e. The fourth-order valence-corrected chi connectivity index (χ4v) is 7.09. The van der Waals surface area contributed by atoms with Crippen molar-refractivity contribution in [2.24, 2.45) is 0 Å². The molecule has 6 rings (SSSR count). The summed E-state index contributed by atoms with van der Waals surface area (Å²) in [4.78, 5) is 43.6. The Bertz CT molecular complexity index is 1510. The summed E-state index contributed by atoms with van der Waals surface area (Å²) in [5.41, 5.74) is 2.41. The summed E-state index contributed by atoms with van der Waals surface area (Å²) in [6, 6.07) is 19.0. The van der Waals surface area contributed by atoms with Crippen molar-refractivity contribution in [3.8, 4) is 0 Å². The van der Waals surface area contributed by atoms with E-state index >= 15 is 0 Å².